The number of anilines is 1. The summed E-state index contributed by atoms with van der Waals surface area (Å²) in [5.74, 6) is -0.168. The summed E-state index contributed by atoms with van der Waals surface area (Å²) in [6, 6.07) is 11.3. The van der Waals surface area contributed by atoms with Gasteiger partial charge in [-0.05, 0) is 43.2 Å². The van der Waals surface area contributed by atoms with E-state index < -0.39 is 0 Å². The summed E-state index contributed by atoms with van der Waals surface area (Å²) in [5, 5.41) is 5.46. The molecule has 6 heteroatoms. The lowest BCUT2D eigenvalue weighted by Crippen LogP contribution is -2.41. The first-order valence-corrected chi connectivity index (χ1v) is 8.18. The van der Waals surface area contributed by atoms with Crippen LogP contribution in [-0.2, 0) is 0 Å². The Hall–Kier alpha value is -2.76. The van der Waals surface area contributed by atoms with E-state index in [2.05, 4.69) is 27.6 Å². The Bertz CT molecular complexity index is 704. The fourth-order valence-electron chi connectivity index (χ4n) is 3.04. The number of aromatic nitrogens is 1. The molecule has 1 aliphatic rings. The lowest BCUT2D eigenvalue weighted by molar-refractivity contribution is 0.0963. The zero-order valence-corrected chi connectivity index (χ0v) is 13.7. The molecule has 0 radical (unpaired) electrons. The molecule has 0 aliphatic carbocycles. The maximum Gasteiger partial charge on any atom is 0.321 e. The van der Waals surface area contributed by atoms with Crippen LogP contribution in [0, 0.1) is 0 Å². The van der Waals surface area contributed by atoms with Gasteiger partial charge in [0, 0.05) is 49.8 Å². The normalized spacial score (nSPS) is 15.1. The highest BCUT2D eigenvalue weighted by molar-refractivity contribution is 5.96. The molecule has 3 amide bonds. The quantitative estimate of drug-likeness (QED) is 0.911. The minimum absolute atomic E-state index is 0.116. The smallest absolute Gasteiger partial charge is 0.321 e. The third-order valence-electron chi connectivity index (χ3n) is 4.40. The minimum Gasteiger partial charge on any atom is -0.355 e. The molecule has 2 aromatic rings. The largest absolute Gasteiger partial charge is 0.355 e. The van der Waals surface area contributed by atoms with Crippen molar-refractivity contribution in [2.24, 2.45) is 0 Å². The molecule has 1 aromatic carbocycles. The fraction of sp³-hybridized carbons (Fsp3) is 0.333. The predicted octanol–water partition coefficient (Wildman–Crippen LogP) is 2.72. The van der Waals surface area contributed by atoms with Crippen molar-refractivity contribution in [2.75, 3.05) is 25.5 Å². The van der Waals surface area contributed by atoms with Gasteiger partial charge in [-0.25, -0.2) is 4.79 Å². The number of nitrogens with zero attached hydrogens (tertiary/aromatic N) is 2. The number of urea groups is 1. The molecule has 1 aromatic heterocycles. The number of hydrogen-bond acceptors (Lipinski definition) is 2. The van der Waals surface area contributed by atoms with E-state index >= 15 is 0 Å². The van der Waals surface area contributed by atoms with Gasteiger partial charge in [0.05, 0.1) is 0 Å². The summed E-state index contributed by atoms with van der Waals surface area (Å²) in [5.41, 5.74) is 1.16. The van der Waals surface area contributed by atoms with Crippen molar-refractivity contribution in [3.8, 4) is 0 Å². The number of nitrogens with one attached hydrogen (secondary N) is 2. The molecular weight excluding hydrogens is 304 g/mol. The molecule has 0 atom stereocenters. The van der Waals surface area contributed by atoms with Crippen LogP contribution in [-0.4, -0.2) is 41.5 Å². The van der Waals surface area contributed by atoms with E-state index in [0.717, 1.165) is 25.9 Å². The lowest BCUT2D eigenvalue weighted by atomic mass is 10.1. The highest BCUT2D eigenvalue weighted by Crippen LogP contribution is 2.23. The summed E-state index contributed by atoms with van der Waals surface area (Å²) in [4.78, 5) is 25.9. The summed E-state index contributed by atoms with van der Waals surface area (Å²) >= 11 is 0. The highest BCUT2D eigenvalue weighted by Gasteiger charge is 2.23. The number of hydrogen-bond donors (Lipinski definition) is 2. The number of piperidine rings is 1. The lowest BCUT2D eigenvalue weighted by Gasteiger charge is -2.32. The molecule has 126 valence electrons. The SMILES string of the molecule is CNC(=O)c1cccc(NC(=O)N2CCC(n3cccc3)CC2)c1. The van der Waals surface area contributed by atoms with Crippen molar-refractivity contribution >= 4 is 17.6 Å². The van der Waals surface area contributed by atoms with Crippen LogP contribution >= 0.6 is 0 Å². The van der Waals surface area contributed by atoms with Crippen molar-refractivity contribution in [3.05, 3.63) is 54.4 Å². The van der Waals surface area contributed by atoms with Gasteiger partial charge in [-0.3, -0.25) is 4.79 Å². The summed E-state index contributed by atoms with van der Waals surface area (Å²) in [6.45, 7) is 1.45. The second-order valence-electron chi connectivity index (χ2n) is 5.94. The summed E-state index contributed by atoms with van der Waals surface area (Å²) in [6.07, 6.45) is 6.04. The van der Waals surface area contributed by atoms with E-state index in [1.54, 1.807) is 31.3 Å². The first-order valence-electron chi connectivity index (χ1n) is 8.18. The van der Waals surface area contributed by atoms with Gasteiger partial charge in [-0.1, -0.05) is 6.07 Å². The Labute approximate surface area is 141 Å². The predicted molar refractivity (Wildman–Crippen MR) is 93.1 cm³/mol. The second kappa shape index (κ2) is 7.21. The molecule has 0 unspecified atom stereocenters. The van der Waals surface area contributed by atoms with E-state index in [4.69, 9.17) is 0 Å². The zero-order valence-electron chi connectivity index (χ0n) is 13.7. The van der Waals surface area contributed by atoms with Crippen LogP contribution in [0.3, 0.4) is 0 Å². The topological polar surface area (TPSA) is 66.4 Å². The Morgan fingerprint density at radius 2 is 1.79 bits per heavy atom. The minimum atomic E-state index is -0.168. The molecule has 1 aliphatic heterocycles. The van der Waals surface area contributed by atoms with E-state index in [-0.39, 0.29) is 11.9 Å². The third-order valence-corrected chi connectivity index (χ3v) is 4.40. The number of amides is 3. The van der Waals surface area contributed by atoms with Crippen molar-refractivity contribution in [3.63, 3.8) is 0 Å². The van der Waals surface area contributed by atoms with Crippen LogP contribution in [0.2, 0.25) is 0 Å². The number of rotatable bonds is 3. The van der Waals surface area contributed by atoms with E-state index in [1.807, 2.05) is 17.0 Å². The molecule has 3 rings (SSSR count). The van der Waals surface area contributed by atoms with Crippen molar-refractivity contribution in [2.45, 2.75) is 18.9 Å². The van der Waals surface area contributed by atoms with Crippen LogP contribution < -0.4 is 10.6 Å². The Morgan fingerprint density at radius 3 is 2.46 bits per heavy atom. The van der Waals surface area contributed by atoms with Gasteiger partial charge in [-0.2, -0.15) is 0 Å². The average molecular weight is 326 g/mol. The van der Waals surface area contributed by atoms with Crippen LogP contribution in [0.15, 0.2) is 48.8 Å². The van der Waals surface area contributed by atoms with Crippen molar-refractivity contribution < 1.29 is 9.59 Å². The maximum absolute atomic E-state index is 12.4. The van der Waals surface area contributed by atoms with E-state index in [1.165, 1.54) is 0 Å². The monoisotopic (exact) mass is 326 g/mol. The van der Waals surface area contributed by atoms with Gasteiger partial charge < -0.3 is 20.1 Å². The van der Waals surface area contributed by atoms with Crippen LogP contribution in [0.5, 0.6) is 0 Å². The third kappa shape index (κ3) is 3.59. The molecule has 0 bridgehead atoms. The summed E-state index contributed by atoms with van der Waals surface area (Å²) < 4.78 is 2.21. The summed E-state index contributed by atoms with van der Waals surface area (Å²) in [7, 11) is 1.59. The molecule has 1 fully saturated rings. The first-order chi connectivity index (χ1) is 11.7. The fourth-order valence-corrected chi connectivity index (χ4v) is 3.04. The zero-order chi connectivity index (χ0) is 16.9. The maximum atomic E-state index is 12.4. The Kier molecular flexibility index (Phi) is 4.84. The van der Waals surface area contributed by atoms with Gasteiger partial charge >= 0.3 is 6.03 Å². The van der Waals surface area contributed by atoms with E-state index in [0.29, 0.717) is 17.3 Å². The molecule has 2 N–H and O–H groups in total. The Balaban J connectivity index is 1.57. The van der Waals surface area contributed by atoms with E-state index in [9.17, 15) is 9.59 Å². The number of benzene rings is 1. The van der Waals surface area contributed by atoms with Crippen molar-refractivity contribution in [1.82, 2.24) is 14.8 Å². The highest BCUT2D eigenvalue weighted by atomic mass is 16.2. The molecule has 0 saturated carbocycles. The van der Waals surface area contributed by atoms with Gasteiger partial charge in [-0.15, -0.1) is 0 Å². The molecule has 24 heavy (non-hydrogen) atoms. The molecule has 0 spiro atoms. The van der Waals surface area contributed by atoms with Gasteiger partial charge in [0.25, 0.3) is 5.91 Å². The second-order valence-corrected chi connectivity index (χ2v) is 5.94. The van der Waals surface area contributed by atoms with Crippen LogP contribution in [0.4, 0.5) is 10.5 Å². The standard InChI is InChI=1S/C18H22N4O2/c1-19-17(23)14-5-4-6-15(13-14)20-18(24)22-11-7-16(8-12-22)21-9-2-3-10-21/h2-6,9-10,13,16H,7-8,11-12H2,1H3,(H,19,23)(H,20,24). The van der Waals surface area contributed by atoms with Gasteiger partial charge in [0.2, 0.25) is 0 Å². The molecule has 2 heterocycles. The van der Waals surface area contributed by atoms with Crippen LogP contribution in [0.25, 0.3) is 0 Å². The van der Waals surface area contributed by atoms with Crippen molar-refractivity contribution in [1.29, 1.82) is 0 Å². The van der Waals surface area contributed by atoms with Crippen LogP contribution in [0.1, 0.15) is 29.2 Å². The number of carbonyl (C=O) groups excluding carboxylic acids is 2. The molecule has 1 saturated heterocycles. The van der Waals surface area contributed by atoms with Gasteiger partial charge in [0.1, 0.15) is 0 Å². The molecular formula is C18H22N4O2. The average Bonchev–Trinajstić information content (AvgIpc) is 3.16. The van der Waals surface area contributed by atoms with Gasteiger partial charge in [0.15, 0.2) is 0 Å². The molecule has 6 nitrogen and oxygen atoms in total. The number of carbonyl (C=O) groups is 2. The number of likely N-dealkylation sites (tertiary alicyclic amines) is 1. The first kappa shape index (κ1) is 16.1. The Morgan fingerprint density at radius 1 is 1.08 bits per heavy atom.